The summed E-state index contributed by atoms with van der Waals surface area (Å²) in [6.45, 7) is 13.0. The molecule has 4 saturated heterocycles. The Morgan fingerprint density at radius 2 is 1.10 bits per heavy atom. The fourth-order valence-corrected chi connectivity index (χ4v) is 19.3. The lowest BCUT2D eigenvalue weighted by molar-refractivity contribution is -0.385. The van der Waals surface area contributed by atoms with E-state index in [2.05, 4.69) is 27.7 Å². The predicted octanol–water partition coefficient (Wildman–Crippen LogP) is 13.8. The molecule has 8 fully saturated rings. The van der Waals surface area contributed by atoms with Crippen molar-refractivity contribution in [2.75, 3.05) is 13.2 Å². The van der Waals surface area contributed by atoms with Crippen LogP contribution in [0.15, 0.2) is 176 Å². The molecule has 8 aliphatic rings. The molecule has 4 heterocycles. The zero-order chi connectivity index (χ0) is 73.2. The number of carbonyl (C=O) groups excluding carboxylic acids is 5. The molecular formula is C84H95NO20. The first-order valence-corrected chi connectivity index (χ1v) is 37.3. The molecule has 14 rings (SSSR count). The molecule has 556 valence electrons. The third-order valence-electron chi connectivity index (χ3n) is 24.4. The Kier molecular flexibility index (Phi) is 22.2. The highest BCUT2D eigenvalue weighted by Gasteiger charge is 2.70. The van der Waals surface area contributed by atoms with E-state index < -0.39 is 115 Å². The molecule has 4 aliphatic carbocycles. The van der Waals surface area contributed by atoms with E-state index in [4.69, 9.17) is 61.6 Å². The SMILES string of the molecule is CC(=O)O[C@H]1C[C@H]2[C@@H]3C[C@@H]4O[C@]5(CCC(C)CO5)[C@@H](C)[C@@H]4[C@@]3(C)CC[C@@H]2[C@@]2(C)CC[C@H](O[C@@H]3O[C@H](COCc4ccccc4)[C@@H](O[C@@H]4O[C@@H](C)[C@H](OC(=O)c5ccccc5)[C@@H](OC(=O)c5ccccc5)[C@H]4OC(=O)c4ccccc4)[C@H](OCc4ccccc4)[C@H]3OC(=O)Cc3ccccc3[N+](=O)[O-])CC12. The molecule has 6 aromatic carbocycles. The first kappa shape index (κ1) is 73.6. The Morgan fingerprint density at radius 1 is 0.543 bits per heavy atom. The van der Waals surface area contributed by atoms with Gasteiger partial charge in [-0.15, -0.1) is 0 Å². The highest BCUT2D eigenvalue weighted by Crippen LogP contribution is 2.72. The normalized spacial score (nSPS) is 35.3. The number of esters is 5. The van der Waals surface area contributed by atoms with E-state index in [9.17, 15) is 29.3 Å². The van der Waals surface area contributed by atoms with Crippen LogP contribution in [-0.2, 0) is 90.8 Å². The first-order chi connectivity index (χ1) is 50.7. The van der Waals surface area contributed by atoms with Crippen molar-refractivity contribution in [2.45, 2.75) is 204 Å². The van der Waals surface area contributed by atoms with E-state index in [1.807, 2.05) is 60.7 Å². The van der Waals surface area contributed by atoms with Gasteiger partial charge in [0.15, 0.2) is 42.8 Å². The van der Waals surface area contributed by atoms with E-state index in [1.165, 1.54) is 25.1 Å². The molecule has 0 radical (unpaired) electrons. The summed E-state index contributed by atoms with van der Waals surface area (Å²) in [6, 6.07) is 49.2. The number of rotatable bonds is 22. The maximum Gasteiger partial charge on any atom is 0.338 e. The van der Waals surface area contributed by atoms with E-state index >= 15 is 4.79 Å². The number of nitrogens with zero attached hydrogens (tertiary/aromatic N) is 1. The van der Waals surface area contributed by atoms with Gasteiger partial charge in [-0.05, 0) is 146 Å². The molecule has 2 unspecified atom stereocenters. The highest BCUT2D eigenvalue weighted by molar-refractivity contribution is 5.91. The zero-order valence-corrected chi connectivity index (χ0v) is 60.3. The lowest BCUT2D eigenvalue weighted by Crippen LogP contribution is -2.67. The van der Waals surface area contributed by atoms with Crippen LogP contribution >= 0.6 is 0 Å². The van der Waals surface area contributed by atoms with E-state index in [0.717, 1.165) is 37.7 Å². The van der Waals surface area contributed by atoms with Crippen molar-refractivity contribution in [1.82, 2.24) is 0 Å². The van der Waals surface area contributed by atoms with Gasteiger partial charge in [0, 0.05) is 36.8 Å². The number of nitro groups is 1. The van der Waals surface area contributed by atoms with E-state index in [0.29, 0.717) is 61.5 Å². The molecule has 0 amide bonds. The number of fused-ring (bicyclic) bond motifs is 7. The second-order valence-corrected chi connectivity index (χ2v) is 30.8. The van der Waals surface area contributed by atoms with Crippen molar-refractivity contribution in [3.8, 4) is 0 Å². The van der Waals surface area contributed by atoms with Crippen LogP contribution < -0.4 is 0 Å². The molecule has 4 aliphatic heterocycles. The van der Waals surface area contributed by atoms with Gasteiger partial charge in [0.05, 0.1) is 72.8 Å². The Bertz CT molecular complexity index is 3990. The van der Waals surface area contributed by atoms with Gasteiger partial charge in [-0.25, -0.2) is 14.4 Å². The quantitative estimate of drug-likeness (QED) is 0.0201. The Labute approximate surface area is 612 Å². The average Bonchev–Trinajstić information content (AvgIpc) is 1.56. The highest BCUT2D eigenvalue weighted by atomic mass is 16.8. The van der Waals surface area contributed by atoms with Gasteiger partial charge in [-0.3, -0.25) is 19.7 Å². The Hall–Kier alpha value is -8.25. The molecule has 21 nitrogen and oxygen atoms in total. The van der Waals surface area contributed by atoms with Crippen LogP contribution in [0.5, 0.6) is 0 Å². The van der Waals surface area contributed by atoms with Crippen LogP contribution in [-0.4, -0.2) is 133 Å². The van der Waals surface area contributed by atoms with Crippen molar-refractivity contribution < 1.29 is 90.5 Å². The lowest BCUT2D eigenvalue weighted by Gasteiger charge is -2.63. The summed E-state index contributed by atoms with van der Waals surface area (Å²) >= 11 is 0. The summed E-state index contributed by atoms with van der Waals surface area (Å²) in [5.74, 6) is -2.56. The molecule has 0 bridgehead atoms. The second kappa shape index (κ2) is 31.7. The largest absolute Gasteiger partial charge is 0.462 e. The number of ether oxygens (including phenoxy) is 13. The van der Waals surface area contributed by atoms with Crippen LogP contribution in [0, 0.1) is 62.4 Å². The molecule has 23 atom stereocenters. The van der Waals surface area contributed by atoms with Crippen LogP contribution in [0.25, 0.3) is 0 Å². The maximum atomic E-state index is 15.1. The Balaban J connectivity index is 0.832. The first-order valence-electron chi connectivity index (χ1n) is 37.3. The summed E-state index contributed by atoms with van der Waals surface area (Å²) < 4.78 is 89.1. The standard InChI is InChI=1S/C84H95NO20/c1-50-36-41-84(95-46-50)51(2)70-67(105-84)45-63-61-44-66(97-53(4)86)64-43-60(37-39-82(64,5)62(61)38-40-83(63,70)6)98-81-75(100-69(87)42-59-34-22-23-35-65(59)85(91)92)73(94-48-55-26-14-8-15-27-55)72(68(99-81)49-93-47-54-24-12-7-13-25-54)104-80-76(103-79(90)58-32-20-11-21-33-58)74(102-78(89)57-30-18-10-19-31-57)71(52(3)96-80)101-77(88)56-28-16-9-17-29-56/h7-35,50-52,60-64,66-68,70-76,80-81H,36-49H2,1-6H3/t50?,51-,52-,60-,61+,62-,63-,64?,66-,67-,68+,70-,71-,72+,73-,74+,75+,76+,80-,81+,82+,83-,84+/m0/s1. The second-order valence-electron chi connectivity index (χ2n) is 30.8. The van der Waals surface area contributed by atoms with Gasteiger partial charge in [-0.1, -0.05) is 161 Å². The Morgan fingerprint density at radius 3 is 1.71 bits per heavy atom. The fourth-order valence-electron chi connectivity index (χ4n) is 19.3. The summed E-state index contributed by atoms with van der Waals surface area (Å²) in [7, 11) is 0. The van der Waals surface area contributed by atoms with E-state index in [1.54, 1.807) is 104 Å². The summed E-state index contributed by atoms with van der Waals surface area (Å²) in [5.41, 5.74) is 1.43. The summed E-state index contributed by atoms with van der Waals surface area (Å²) in [4.78, 5) is 84.3. The topological polar surface area (TPSA) is 248 Å². The fraction of sp³-hybridized carbons (Fsp3) is 0.512. The van der Waals surface area contributed by atoms with Crippen molar-refractivity contribution in [2.24, 2.45) is 52.3 Å². The maximum absolute atomic E-state index is 15.1. The van der Waals surface area contributed by atoms with Crippen LogP contribution in [0.4, 0.5) is 5.69 Å². The van der Waals surface area contributed by atoms with Gasteiger partial charge < -0.3 is 61.6 Å². The third kappa shape index (κ3) is 15.5. The summed E-state index contributed by atoms with van der Waals surface area (Å²) in [6.07, 6.45) is -9.17. The number of para-hydroxylation sites is 1. The number of benzene rings is 6. The monoisotopic (exact) mass is 1440 g/mol. The number of nitro benzene ring substituents is 1. The van der Waals surface area contributed by atoms with Crippen LogP contribution in [0.3, 0.4) is 0 Å². The van der Waals surface area contributed by atoms with Crippen LogP contribution in [0.1, 0.15) is 147 Å². The lowest BCUT2D eigenvalue weighted by atomic mass is 9.43. The van der Waals surface area contributed by atoms with Crippen molar-refractivity contribution in [3.63, 3.8) is 0 Å². The number of hydrogen-bond acceptors (Lipinski definition) is 20. The smallest absolute Gasteiger partial charge is 0.338 e. The average molecular weight is 1440 g/mol. The van der Waals surface area contributed by atoms with Crippen LogP contribution in [0.2, 0.25) is 0 Å². The van der Waals surface area contributed by atoms with Gasteiger partial charge in [0.25, 0.3) is 5.69 Å². The molecule has 1 spiro atoms. The molecule has 0 aromatic heterocycles. The molecule has 6 aromatic rings. The van der Waals surface area contributed by atoms with Crippen molar-refractivity contribution >= 4 is 35.5 Å². The molecule has 21 heteroatoms. The van der Waals surface area contributed by atoms with Gasteiger partial charge >= 0.3 is 29.8 Å². The predicted molar refractivity (Wildman–Crippen MR) is 380 cm³/mol. The number of carbonyl (C=O) groups is 5. The van der Waals surface area contributed by atoms with Gasteiger partial charge in [0.2, 0.25) is 0 Å². The third-order valence-corrected chi connectivity index (χ3v) is 24.4. The minimum Gasteiger partial charge on any atom is -0.462 e. The molecule has 0 N–H and O–H groups in total. The van der Waals surface area contributed by atoms with E-state index in [-0.39, 0.29) is 88.4 Å². The zero-order valence-electron chi connectivity index (χ0n) is 60.3. The molecule has 4 saturated carbocycles. The molecule has 105 heavy (non-hydrogen) atoms. The van der Waals surface area contributed by atoms with Gasteiger partial charge in [-0.2, -0.15) is 0 Å². The summed E-state index contributed by atoms with van der Waals surface area (Å²) in [5, 5.41) is 12.6. The minimum absolute atomic E-state index is 0.00469. The minimum atomic E-state index is -1.75. The molecular weight excluding hydrogens is 1340 g/mol. The van der Waals surface area contributed by atoms with Crippen molar-refractivity contribution in [1.29, 1.82) is 0 Å². The number of hydrogen-bond donors (Lipinski definition) is 0. The van der Waals surface area contributed by atoms with Crippen molar-refractivity contribution in [3.05, 3.63) is 219 Å². The van der Waals surface area contributed by atoms with Gasteiger partial charge in [0.1, 0.15) is 24.4 Å².